The molecule has 0 saturated heterocycles. The molecule has 0 fully saturated rings. The number of amides is 1. The number of aromatic nitrogens is 1. The monoisotopic (exact) mass is 436 g/mol. The number of thioether (sulfide) groups is 1. The lowest BCUT2D eigenvalue weighted by molar-refractivity contribution is -0.141. The van der Waals surface area contributed by atoms with E-state index in [4.69, 9.17) is 0 Å². The molecule has 1 heterocycles. The fraction of sp³-hybridized carbons (Fsp3) is 0.250. The summed E-state index contributed by atoms with van der Waals surface area (Å²) in [5.41, 5.74) is 0.363. The van der Waals surface area contributed by atoms with Crippen LogP contribution in [0.1, 0.15) is 24.2 Å². The van der Waals surface area contributed by atoms with Gasteiger partial charge in [-0.05, 0) is 24.3 Å². The molecule has 29 heavy (non-hydrogen) atoms. The Morgan fingerprint density at radius 3 is 2.69 bits per heavy atom. The average Bonchev–Trinajstić information content (AvgIpc) is 2.98. The second-order valence-electron chi connectivity index (χ2n) is 6.39. The van der Waals surface area contributed by atoms with E-state index in [9.17, 15) is 18.4 Å². The predicted octanol–water partition coefficient (Wildman–Crippen LogP) is 4.40. The van der Waals surface area contributed by atoms with Gasteiger partial charge in [-0.2, -0.15) is 4.99 Å². The molecule has 0 aliphatic rings. The molecule has 0 atom stereocenters. The SMILES string of the molecule is COC(=O)Cn1c(=NC(=O)c2cccc(SC(C)C)c2)sc2cc(F)cc(F)c21. The fourth-order valence-electron chi connectivity index (χ4n) is 2.68. The van der Waals surface area contributed by atoms with E-state index in [2.05, 4.69) is 9.73 Å². The van der Waals surface area contributed by atoms with E-state index in [1.54, 1.807) is 30.0 Å². The number of methoxy groups -OCH3 is 1. The molecule has 0 aliphatic heterocycles. The van der Waals surface area contributed by atoms with E-state index in [0.29, 0.717) is 10.8 Å². The summed E-state index contributed by atoms with van der Waals surface area (Å²) < 4.78 is 34.1. The Labute approximate surface area is 174 Å². The lowest BCUT2D eigenvalue weighted by Crippen LogP contribution is -2.22. The molecule has 0 spiro atoms. The quantitative estimate of drug-likeness (QED) is 0.440. The number of hydrogen-bond acceptors (Lipinski definition) is 5. The van der Waals surface area contributed by atoms with Gasteiger partial charge in [0, 0.05) is 21.8 Å². The van der Waals surface area contributed by atoms with E-state index in [1.807, 2.05) is 19.9 Å². The minimum atomic E-state index is -0.843. The maximum atomic E-state index is 14.4. The van der Waals surface area contributed by atoms with Gasteiger partial charge in [0.15, 0.2) is 10.6 Å². The van der Waals surface area contributed by atoms with E-state index >= 15 is 0 Å². The average molecular weight is 437 g/mol. The third-order valence-corrected chi connectivity index (χ3v) is 5.88. The van der Waals surface area contributed by atoms with E-state index < -0.39 is 23.5 Å². The molecule has 152 valence electrons. The number of nitrogens with zero attached hydrogens (tertiary/aromatic N) is 2. The van der Waals surface area contributed by atoms with Crippen molar-refractivity contribution in [3.05, 3.63) is 58.4 Å². The van der Waals surface area contributed by atoms with E-state index in [0.717, 1.165) is 28.4 Å². The van der Waals surface area contributed by atoms with Crippen LogP contribution >= 0.6 is 23.1 Å². The van der Waals surface area contributed by atoms with Crippen molar-refractivity contribution in [2.45, 2.75) is 30.5 Å². The molecule has 0 saturated carbocycles. The number of ether oxygens (including phenoxy) is 1. The second-order valence-corrected chi connectivity index (χ2v) is 9.05. The maximum Gasteiger partial charge on any atom is 0.325 e. The number of halogens is 2. The van der Waals surface area contributed by atoms with Crippen LogP contribution in [0.3, 0.4) is 0 Å². The summed E-state index contributed by atoms with van der Waals surface area (Å²) in [6, 6.07) is 8.89. The van der Waals surface area contributed by atoms with Gasteiger partial charge in [0.05, 0.1) is 17.3 Å². The Kier molecular flexibility index (Phi) is 6.49. The smallest absolute Gasteiger partial charge is 0.325 e. The maximum absolute atomic E-state index is 14.4. The van der Waals surface area contributed by atoms with E-state index in [-0.39, 0.29) is 21.6 Å². The molecule has 1 amide bonds. The van der Waals surface area contributed by atoms with Gasteiger partial charge in [-0.15, -0.1) is 11.8 Å². The lowest BCUT2D eigenvalue weighted by atomic mass is 10.2. The zero-order valence-electron chi connectivity index (χ0n) is 15.9. The molecule has 3 rings (SSSR count). The zero-order valence-corrected chi connectivity index (χ0v) is 17.6. The summed E-state index contributed by atoms with van der Waals surface area (Å²) in [5, 5.41) is 0.347. The first-order valence-electron chi connectivity index (χ1n) is 8.69. The number of rotatable bonds is 5. The summed E-state index contributed by atoms with van der Waals surface area (Å²) in [6.45, 7) is 3.74. The van der Waals surface area contributed by atoms with Crippen LogP contribution in [0.5, 0.6) is 0 Å². The molecule has 2 aromatic carbocycles. The predicted molar refractivity (Wildman–Crippen MR) is 109 cm³/mol. The second kappa shape index (κ2) is 8.87. The Hall–Kier alpha value is -2.52. The molecule has 1 aromatic heterocycles. The van der Waals surface area contributed by atoms with Crippen LogP contribution < -0.4 is 4.80 Å². The van der Waals surface area contributed by atoms with Crippen molar-refractivity contribution >= 4 is 45.2 Å². The summed E-state index contributed by atoms with van der Waals surface area (Å²) >= 11 is 2.53. The van der Waals surface area contributed by atoms with Gasteiger partial charge in [0.25, 0.3) is 5.91 Å². The van der Waals surface area contributed by atoms with Gasteiger partial charge in [0.1, 0.15) is 12.4 Å². The van der Waals surface area contributed by atoms with Crippen molar-refractivity contribution in [2.24, 2.45) is 4.99 Å². The summed E-state index contributed by atoms with van der Waals surface area (Å²) in [6.07, 6.45) is 0. The number of benzene rings is 2. The van der Waals surface area contributed by atoms with Crippen LogP contribution in [0.15, 0.2) is 46.3 Å². The number of carbonyl (C=O) groups is 2. The Balaban J connectivity index is 2.11. The summed E-state index contributed by atoms with van der Waals surface area (Å²) in [4.78, 5) is 29.6. The molecular formula is C20H18F2N2O3S2. The van der Waals surface area contributed by atoms with Crippen LogP contribution in [0, 0.1) is 11.6 Å². The fourth-order valence-corrected chi connectivity index (χ4v) is 4.64. The largest absolute Gasteiger partial charge is 0.468 e. The van der Waals surface area contributed by atoms with Gasteiger partial charge in [-0.25, -0.2) is 8.78 Å². The third-order valence-electron chi connectivity index (χ3n) is 3.86. The standard InChI is InChI=1S/C20H18F2N2O3S2/c1-11(2)28-14-6-4-5-12(7-14)19(26)23-20-24(10-17(25)27-3)18-15(22)8-13(21)9-16(18)29-20/h4-9,11H,10H2,1-3H3. The molecule has 5 nitrogen and oxygen atoms in total. The van der Waals surface area contributed by atoms with Crippen molar-refractivity contribution in [3.8, 4) is 0 Å². The summed E-state index contributed by atoms with van der Waals surface area (Å²) in [5.74, 6) is -2.78. The highest BCUT2D eigenvalue weighted by Crippen LogP contribution is 2.25. The minimum Gasteiger partial charge on any atom is -0.468 e. The van der Waals surface area contributed by atoms with Crippen molar-refractivity contribution in [1.29, 1.82) is 0 Å². The van der Waals surface area contributed by atoms with Gasteiger partial charge in [-0.3, -0.25) is 9.59 Å². The summed E-state index contributed by atoms with van der Waals surface area (Å²) in [7, 11) is 1.20. The first kappa shape index (κ1) is 21.2. The molecule has 0 unspecified atom stereocenters. The molecular weight excluding hydrogens is 418 g/mol. The topological polar surface area (TPSA) is 60.7 Å². The van der Waals surface area contributed by atoms with Gasteiger partial charge >= 0.3 is 5.97 Å². The molecule has 0 aliphatic carbocycles. The molecule has 0 radical (unpaired) electrons. The first-order chi connectivity index (χ1) is 13.8. The third kappa shape index (κ3) is 4.91. The van der Waals surface area contributed by atoms with Crippen LogP contribution in [-0.4, -0.2) is 28.8 Å². The van der Waals surface area contributed by atoms with Crippen molar-refractivity contribution in [2.75, 3.05) is 7.11 Å². The van der Waals surface area contributed by atoms with Gasteiger partial charge < -0.3 is 9.30 Å². The number of hydrogen-bond donors (Lipinski definition) is 0. The number of thiazole rings is 1. The van der Waals surface area contributed by atoms with Crippen LogP contribution in [0.2, 0.25) is 0 Å². The highest BCUT2D eigenvalue weighted by Gasteiger charge is 2.17. The van der Waals surface area contributed by atoms with Gasteiger partial charge in [0.2, 0.25) is 0 Å². The number of carbonyl (C=O) groups excluding carboxylic acids is 2. The lowest BCUT2D eigenvalue weighted by Gasteiger charge is -2.06. The zero-order chi connectivity index (χ0) is 21.1. The molecule has 3 aromatic rings. The number of fused-ring (bicyclic) bond motifs is 1. The van der Waals surface area contributed by atoms with Crippen LogP contribution in [-0.2, 0) is 16.1 Å². The highest BCUT2D eigenvalue weighted by atomic mass is 32.2. The number of esters is 1. The van der Waals surface area contributed by atoms with Crippen molar-refractivity contribution < 1.29 is 23.1 Å². The normalized spacial score (nSPS) is 12.0. The highest BCUT2D eigenvalue weighted by molar-refractivity contribution is 7.99. The van der Waals surface area contributed by atoms with Crippen molar-refractivity contribution in [3.63, 3.8) is 0 Å². The van der Waals surface area contributed by atoms with Gasteiger partial charge in [-0.1, -0.05) is 31.3 Å². The van der Waals surface area contributed by atoms with Crippen LogP contribution in [0.4, 0.5) is 8.78 Å². The van der Waals surface area contributed by atoms with E-state index in [1.165, 1.54) is 11.7 Å². The Morgan fingerprint density at radius 1 is 1.24 bits per heavy atom. The molecule has 0 bridgehead atoms. The van der Waals surface area contributed by atoms with Crippen molar-refractivity contribution in [1.82, 2.24) is 4.57 Å². The minimum absolute atomic E-state index is 0.00235. The van der Waals surface area contributed by atoms with Crippen LogP contribution in [0.25, 0.3) is 10.2 Å². The first-order valence-corrected chi connectivity index (χ1v) is 10.4. The molecule has 9 heteroatoms. The molecule has 0 N–H and O–H groups in total. The Morgan fingerprint density at radius 2 is 2.00 bits per heavy atom. The Bertz CT molecular complexity index is 1150.